The Kier molecular flexibility index (Phi) is 4.21. The van der Waals surface area contributed by atoms with Crippen LogP contribution in [0.15, 0.2) is 66.0 Å². The van der Waals surface area contributed by atoms with Gasteiger partial charge in [-0.3, -0.25) is 4.98 Å². The van der Waals surface area contributed by atoms with Crippen LogP contribution in [0.3, 0.4) is 0 Å². The van der Waals surface area contributed by atoms with Gasteiger partial charge in [0.2, 0.25) is 0 Å². The smallest absolute Gasteiger partial charge is 0.269 e. The molecule has 3 rings (SSSR count). The SMILES string of the molecule is CC(N)c1cn(S(=O)(=O)c2cccnc2)c(-c2ccccc2)c1F. The van der Waals surface area contributed by atoms with Crippen molar-refractivity contribution in [3.63, 3.8) is 0 Å². The van der Waals surface area contributed by atoms with E-state index in [0.29, 0.717) is 5.56 Å². The number of pyridine rings is 1. The minimum Gasteiger partial charge on any atom is -0.324 e. The number of nitrogens with two attached hydrogens (primary N) is 1. The van der Waals surface area contributed by atoms with E-state index in [1.54, 1.807) is 37.3 Å². The molecule has 0 spiro atoms. The van der Waals surface area contributed by atoms with Gasteiger partial charge in [-0.2, -0.15) is 0 Å². The average Bonchev–Trinajstić information content (AvgIpc) is 2.95. The second-order valence-corrected chi connectivity index (χ2v) is 7.21. The van der Waals surface area contributed by atoms with Gasteiger partial charge >= 0.3 is 0 Å². The number of nitrogens with zero attached hydrogens (tertiary/aromatic N) is 2. The molecule has 0 saturated carbocycles. The summed E-state index contributed by atoms with van der Waals surface area (Å²) in [6, 6.07) is 10.8. The van der Waals surface area contributed by atoms with E-state index in [2.05, 4.69) is 4.98 Å². The van der Waals surface area contributed by atoms with Crippen molar-refractivity contribution >= 4 is 10.0 Å². The van der Waals surface area contributed by atoms with Crippen molar-refractivity contribution in [2.24, 2.45) is 5.73 Å². The summed E-state index contributed by atoms with van der Waals surface area (Å²) >= 11 is 0. The molecule has 0 fully saturated rings. The lowest BCUT2D eigenvalue weighted by atomic mass is 10.1. The fourth-order valence-electron chi connectivity index (χ4n) is 2.45. The molecule has 0 aliphatic heterocycles. The summed E-state index contributed by atoms with van der Waals surface area (Å²) < 4.78 is 41.7. The highest BCUT2D eigenvalue weighted by Crippen LogP contribution is 2.32. The quantitative estimate of drug-likeness (QED) is 0.788. The molecule has 0 amide bonds. The molecule has 3 aromatic rings. The highest BCUT2D eigenvalue weighted by Gasteiger charge is 2.27. The monoisotopic (exact) mass is 345 g/mol. The fraction of sp³-hybridized carbons (Fsp3) is 0.118. The van der Waals surface area contributed by atoms with Gasteiger partial charge in [0, 0.05) is 35.8 Å². The van der Waals surface area contributed by atoms with Crippen LogP contribution in [0.2, 0.25) is 0 Å². The summed E-state index contributed by atoms with van der Waals surface area (Å²) in [7, 11) is -3.99. The highest BCUT2D eigenvalue weighted by molar-refractivity contribution is 7.90. The van der Waals surface area contributed by atoms with Crippen molar-refractivity contribution in [1.29, 1.82) is 0 Å². The largest absolute Gasteiger partial charge is 0.324 e. The van der Waals surface area contributed by atoms with Gasteiger partial charge in [0.1, 0.15) is 10.6 Å². The van der Waals surface area contributed by atoms with E-state index in [9.17, 15) is 12.8 Å². The first kappa shape index (κ1) is 16.4. The second kappa shape index (κ2) is 6.18. The zero-order valence-corrected chi connectivity index (χ0v) is 13.7. The van der Waals surface area contributed by atoms with E-state index < -0.39 is 21.9 Å². The molecule has 0 bridgehead atoms. The van der Waals surface area contributed by atoms with Gasteiger partial charge in [0.15, 0.2) is 5.82 Å². The van der Waals surface area contributed by atoms with Crippen LogP contribution < -0.4 is 5.73 Å². The summed E-state index contributed by atoms with van der Waals surface area (Å²) in [6.07, 6.45) is 3.94. The van der Waals surface area contributed by atoms with Crippen LogP contribution in [0.5, 0.6) is 0 Å². The average molecular weight is 345 g/mol. The van der Waals surface area contributed by atoms with Crippen LogP contribution >= 0.6 is 0 Å². The van der Waals surface area contributed by atoms with Gasteiger partial charge < -0.3 is 5.73 Å². The lowest BCUT2D eigenvalue weighted by Crippen LogP contribution is -2.14. The summed E-state index contributed by atoms with van der Waals surface area (Å²) in [5.41, 5.74) is 6.35. The van der Waals surface area contributed by atoms with Crippen LogP contribution in [0.1, 0.15) is 18.5 Å². The number of rotatable bonds is 4. The summed E-state index contributed by atoms with van der Waals surface area (Å²) in [5, 5.41) is 0. The van der Waals surface area contributed by atoms with Crippen molar-refractivity contribution in [1.82, 2.24) is 8.96 Å². The minimum atomic E-state index is -3.99. The second-order valence-electron chi connectivity index (χ2n) is 5.39. The normalized spacial score (nSPS) is 13.0. The van der Waals surface area contributed by atoms with Gasteiger partial charge in [0.25, 0.3) is 10.0 Å². The Morgan fingerprint density at radius 2 is 1.88 bits per heavy atom. The maximum absolute atomic E-state index is 14.9. The Morgan fingerprint density at radius 1 is 1.17 bits per heavy atom. The molecule has 124 valence electrons. The Balaban J connectivity index is 2.31. The summed E-state index contributed by atoms with van der Waals surface area (Å²) in [5.74, 6) is -0.635. The lowest BCUT2D eigenvalue weighted by molar-refractivity contribution is 0.584. The number of hydrogen-bond acceptors (Lipinski definition) is 4. The van der Waals surface area contributed by atoms with Crippen LogP contribution in [-0.4, -0.2) is 17.4 Å². The predicted octanol–water partition coefficient (Wildman–Crippen LogP) is 2.95. The third kappa shape index (κ3) is 2.72. The molecule has 5 nitrogen and oxygen atoms in total. The van der Waals surface area contributed by atoms with E-state index in [1.807, 2.05) is 0 Å². The molecule has 24 heavy (non-hydrogen) atoms. The van der Waals surface area contributed by atoms with Crippen LogP contribution in [0.25, 0.3) is 11.3 Å². The number of halogens is 1. The molecule has 2 aromatic heterocycles. The molecule has 1 unspecified atom stereocenters. The van der Waals surface area contributed by atoms with E-state index in [-0.39, 0.29) is 16.2 Å². The molecule has 2 N–H and O–H groups in total. The Hall–Kier alpha value is -2.51. The number of benzene rings is 1. The van der Waals surface area contributed by atoms with Gasteiger partial charge in [-0.1, -0.05) is 30.3 Å². The maximum Gasteiger partial charge on any atom is 0.269 e. The molecular weight excluding hydrogens is 329 g/mol. The molecule has 0 saturated heterocycles. The van der Waals surface area contributed by atoms with E-state index in [4.69, 9.17) is 5.73 Å². The third-order valence-electron chi connectivity index (χ3n) is 3.67. The van der Waals surface area contributed by atoms with Crippen molar-refractivity contribution < 1.29 is 12.8 Å². The molecule has 1 atom stereocenters. The Labute approximate surface area is 139 Å². The van der Waals surface area contributed by atoms with Gasteiger partial charge in [-0.25, -0.2) is 16.8 Å². The summed E-state index contributed by atoms with van der Waals surface area (Å²) in [4.78, 5) is 3.81. The Morgan fingerprint density at radius 3 is 2.46 bits per heavy atom. The van der Waals surface area contributed by atoms with Gasteiger partial charge in [0.05, 0.1) is 0 Å². The van der Waals surface area contributed by atoms with Crippen molar-refractivity contribution in [2.45, 2.75) is 17.9 Å². The topological polar surface area (TPSA) is 78.0 Å². The fourth-order valence-corrected chi connectivity index (χ4v) is 3.80. The summed E-state index contributed by atoms with van der Waals surface area (Å²) in [6.45, 7) is 1.61. The number of aromatic nitrogens is 2. The van der Waals surface area contributed by atoms with Gasteiger partial charge in [-0.15, -0.1) is 0 Å². The molecular formula is C17H16FN3O2S. The van der Waals surface area contributed by atoms with E-state index >= 15 is 0 Å². The Bertz CT molecular complexity index is 952. The maximum atomic E-state index is 14.9. The molecule has 1 aromatic carbocycles. The van der Waals surface area contributed by atoms with Crippen molar-refractivity contribution in [3.05, 3.63) is 72.4 Å². The number of hydrogen-bond donors (Lipinski definition) is 1. The first-order valence-electron chi connectivity index (χ1n) is 7.30. The van der Waals surface area contributed by atoms with Crippen LogP contribution in [-0.2, 0) is 10.0 Å². The zero-order valence-electron chi connectivity index (χ0n) is 12.9. The predicted molar refractivity (Wildman–Crippen MR) is 89.2 cm³/mol. The molecule has 0 aliphatic carbocycles. The zero-order chi connectivity index (χ0) is 17.3. The first-order chi connectivity index (χ1) is 11.4. The molecule has 7 heteroatoms. The standard InChI is InChI=1S/C17H16FN3O2S/c1-12(19)15-11-21(24(22,23)14-8-5-9-20-10-14)17(16(15)18)13-6-3-2-4-7-13/h2-12H,19H2,1H3. The van der Waals surface area contributed by atoms with Crippen LogP contribution in [0.4, 0.5) is 4.39 Å². The highest BCUT2D eigenvalue weighted by atomic mass is 32.2. The molecule has 0 aliphatic rings. The lowest BCUT2D eigenvalue weighted by Gasteiger charge is -2.10. The van der Waals surface area contributed by atoms with Crippen molar-refractivity contribution in [3.8, 4) is 11.3 Å². The molecule has 2 heterocycles. The van der Waals surface area contributed by atoms with E-state index in [0.717, 1.165) is 3.97 Å². The first-order valence-corrected chi connectivity index (χ1v) is 8.74. The van der Waals surface area contributed by atoms with E-state index in [1.165, 1.54) is 30.7 Å². The molecule has 0 radical (unpaired) electrons. The third-order valence-corrected chi connectivity index (χ3v) is 5.31. The van der Waals surface area contributed by atoms with Crippen LogP contribution in [0, 0.1) is 5.82 Å². The minimum absolute atomic E-state index is 0.0200. The van der Waals surface area contributed by atoms with Gasteiger partial charge in [-0.05, 0) is 19.1 Å². The van der Waals surface area contributed by atoms with Crippen molar-refractivity contribution in [2.75, 3.05) is 0 Å².